The molecule has 0 saturated carbocycles. The SMILES string of the molecule is COC(=O)c1scc(C)c1-c1ccc(F)cc1F. The summed E-state index contributed by atoms with van der Waals surface area (Å²) in [5, 5.41) is 1.74. The molecule has 1 heterocycles. The van der Waals surface area contributed by atoms with Crippen LogP contribution < -0.4 is 0 Å². The Morgan fingerprint density at radius 2 is 2.06 bits per heavy atom. The first-order valence-electron chi connectivity index (χ1n) is 5.16. The van der Waals surface area contributed by atoms with Crippen molar-refractivity contribution in [1.29, 1.82) is 0 Å². The van der Waals surface area contributed by atoms with E-state index in [0.717, 1.165) is 17.7 Å². The van der Waals surface area contributed by atoms with Gasteiger partial charge in [-0.2, -0.15) is 0 Å². The van der Waals surface area contributed by atoms with Crippen LogP contribution in [0.25, 0.3) is 11.1 Å². The van der Waals surface area contributed by atoms with Crippen LogP contribution in [0.4, 0.5) is 8.78 Å². The Labute approximate surface area is 107 Å². The van der Waals surface area contributed by atoms with Gasteiger partial charge in [-0.3, -0.25) is 0 Å². The number of rotatable bonds is 2. The molecule has 0 spiro atoms. The number of aryl methyl sites for hydroxylation is 1. The number of halogens is 2. The van der Waals surface area contributed by atoms with Gasteiger partial charge in [0.05, 0.1) is 7.11 Å². The van der Waals surface area contributed by atoms with E-state index in [1.165, 1.54) is 24.5 Å². The molecule has 0 fully saturated rings. The highest BCUT2D eigenvalue weighted by molar-refractivity contribution is 7.12. The van der Waals surface area contributed by atoms with Gasteiger partial charge in [-0.15, -0.1) is 11.3 Å². The number of benzene rings is 1. The topological polar surface area (TPSA) is 26.3 Å². The van der Waals surface area contributed by atoms with Crippen LogP contribution in [-0.2, 0) is 4.74 Å². The molecule has 0 aliphatic carbocycles. The van der Waals surface area contributed by atoms with E-state index in [1.54, 1.807) is 12.3 Å². The smallest absolute Gasteiger partial charge is 0.348 e. The molecule has 0 aliphatic rings. The van der Waals surface area contributed by atoms with Gasteiger partial charge in [-0.1, -0.05) is 0 Å². The zero-order valence-electron chi connectivity index (χ0n) is 9.79. The molecule has 0 aliphatic heterocycles. The van der Waals surface area contributed by atoms with E-state index in [2.05, 4.69) is 4.74 Å². The summed E-state index contributed by atoms with van der Waals surface area (Å²) in [6.45, 7) is 1.76. The van der Waals surface area contributed by atoms with Crippen LogP contribution >= 0.6 is 11.3 Å². The largest absolute Gasteiger partial charge is 0.465 e. The molecule has 2 aromatic rings. The molecule has 0 atom stereocenters. The summed E-state index contributed by atoms with van der Waals surface area (Å²) in [6.07, 6.45) is 0. The third-order valence-electron chi connectivity index (χ3n) is 2.55. The maximum atomic E-state index is 13.8. The van der Waals surface area contributed by atoms with Gasteiger partial charge in [0, 0.05) is 17.2 Å². The van der Waals surface area contributed by atoms with E-state index >= 15 is 0 Å². The monoisotopic (exact) mass is 268 g/mol. The summed E-state index contributed by atoms with van der Waals surface area (Å²) in [5.41, 5.74) is 1.42. The fraction of sp³-hybridized carbons (Fsp3) is 0.154. The second-order valence-corrected chi connectivity index (χ2v) is 4.62. The quantitative estimate of drug-likeness (QED) is 0.775. The fourth-order valence-electron chi connectivity index (χ4n) is 1.71. The van der Waals surface area contributed by atoms with Gasteiger partial charge in [-0.25, -0.2) is 13.6 Å². The highest BCUT2D eigenvalue weighted by atomic mass is 32.1. The molecule has 0 unspecified atom stereocenters. The number of methoxy groups -OCH3 is 1. The van der Waals surface area contributed by atoms with E-state index in [0.29, 0.717) is 10.4 Å². The standard InChI is InChI=1S/C13H10F2O2S/c1-7-6-18-12(13(16)17-2)11(7)9-4-3-8(14)5-10(9)15/h3-6H,1-2H3. The van der Waals surface area contributed by atoms with E-state index < -0.39 is 17.6 Å². The molecular weight excluding hydrogens is 258 g/mol. The molecule has 0 radical (unpaired) electrons. The van der Waals surface area contributed by atoms with Gasteiger partial charge in [0.25, 0.3) is 0 Å². The van der Waals surface area contributed by atoms with Crippen molar-refractivity contribution in [3.63, 3.8) is 0 Å². The minimum atomic E-state index is -0.693. The normalized spacial score (nSPS) is 10.4. The molecule has 0 N–H and O–H groups in total. The van der Waals surface area contributed by atoms with Crippen LogP contribution in [0.2, 0.25) is 0 Å². The second-order valence-electron chi connectivity index (χ2n) is 3.74. The number of thiophene rings is 1. The van der Waals surface area contributed by atoms with Crippen LogP contribution in [-0.4, -0.2) is 13.1 Å². The lowest BCUT2D eigenvalue weighted by atomic mass is 10.0. The maximum absolute atomic E-state index is 13.8. The number of hydrogen-bond donors (Lipinski definition) is 0. The van der Waals surface area contributed by atoms with Crippen molar-refractivity contribution in [2.45, 2.75) is 6.92 Å². The molecule has 2 nitrogen and oxygen atoms in total. The summed E-state index contributed by atoms with van der Waals surface area (Å²) >= 11 is 1.18. The number of carbonyl (C=O) groups is 1. The average Bonchev–Trinajstić information content (AvgIpc) is 2.70. The van der Waals surface area contributed by atoms with E-state index in [4.69, 9.17) is 0 Å². The zero-order valence-corrected chi connectivity index (χ0v) is 10.6. The van der Waals surface area contributed by atoms with Crippen LogP contribution in [0.15, 0.2) is 23.6 Å². The highest BCUT2D eigenvalue weighted by Crippen LogP contribution is 2.34. The van der Waals surface area contributed by atoms with Gasteiger partial charge >= 0.3 is 5.97 Å². The summed E-state index contributed by atoms with van der Waals surface area (Å²) in [6, 6.07) is 3.29. The first kappa shape index (κ1) is 12.7. The van der Waals surface area contributed by atoms with Crippen LogP contribution in [0.5, 0.6) is 0 Å². The molecule has 0 bridgehead atoms. The zero-order chi connectivity index (χ0) is 13.3. The molecule has 0 saturated heterocycles. The second kappa shape index (κ2) is 4.86. The molecule has 1 aromatic heterocycles. The minimum absolute atomic E-state index is 0.204. The number of carbonyl (C=O) groups excluding carboxylic acids is 1. The molecule has 18 heavy (non-hydrogen) atoms. The predicted octanol–water partition coefficient (Wildman–Crippen LogP) is 3.79. The third-order valence-corrected chi connectivity index (χ3v) is 3.62. The van der Waals surface area contributed by atoms with Crippen LogP contribution in [0.3, 0.4) is 0 Å². The lowest BCUT2D eigenvalue weighted by Gasteiger charge is -2.06. The minimum Gasteiger partial charge on any atom is -0.465 e. The Morgan fingerprint density at radius 3 is 2.67 bits per heavy atom. The summed E-state index contributed by atoms with van der Waals surface area (Å²) < 4.78 is 31.3. The molecule has 94 valence electrons. The van der Waals surface area contributed by atoms with Gasteiger partial charge in [0.15, 0.2) is 0 Å². The van der Waals surface area contributed by atoms with Crippen molar-refractivity contribution >= 4 is 17.3 Å². The fourth-order valence-corrected chi connectivity index (χ4v) is 2.69. The average molecular weight is 268 g/mol. The van der Waals surface area contributed by atoms with Gasteiger partial charge in [-0.05, 0) is 30.0 Å². The van der Waals surface area contributed by atoms with Gasteiger partial charge in [0.2, 0.25) is 0 Å². The van der Waals surface area contributed by atoms with Crippen LogP contribution in [0, 0.1) is 18.6 Å². The van der Waals surface area contributed by atoms with Crippen molar-refractivity contribution in [3.05, 3.63) is 45.7 Å². The maximum Gasteiger partial charge on any atom is 0.348 e. The Morgan fingerprint density at radius 1 is 1.33 bits per heavy atom. The van der Waals surface area contributed by atoms with Gasteiger partial charge in [0.1, 0.15) is 16.5 Å². The molecule has 0 amide bonds. The Kier molecular flexibility index (Phi) is 3.43. The number of esters is 1. The van der Waals surface area contributed by atoms with E-state index in [-0.39, 0.29) is 5.56 Å². The molecule has 5 heteroatoms. The predicted molar refractivity (Wildman–Crippen MR) is 65.7 cm³/mol. The van der Waals surface area contributed by atoms with Gasteiger partial charge < -0.3 is 4.74 Å². The summed E-state index contributed by atoms with van der Waals surface area (Å²) in [4.78, 5) is 11.9. The van der Waals surface area contributed by atoms with Crippen molar-refractivity contribution in [2.24, 2.45) is 0 Å². The first-order valence-corrected chi connectivity index (χ1v) is 6.04. The molecule has 1 aromatic carbocycles. The Bertz CT molecular complexity index is 605. The summed E-state index contributed by atoms with van der Waals surface area (Å²) in [7, 11) is 1.27. The lowest BCUT2D eigenvalue weighted by Crippen LogP contribution is -2.01. The number of hydrogen-bond acceptors (Lipinski definition) is 3. The van der Waals surface area contributed by atoms with E-state index in [9.17, 15) is 13.6 Å². The molecule has 2 rings (SSSR count). The lowest BCUT2D eigenvalue weighted by molar-refractivity contribution is 0.0607. The Balaban J connectivity index is 2.63. The number of ether oxygens (including phenoxy) is 1. The summed E-state index contributed by atoms with van der Waals surface area (Å²) in [5.74, 6) is -1.86. The first-order chi connectivity index (χ1) is 8.54. The van der Waals surface area contributed by atoms with Crippen LogP contribution in [0.1, 0.15) is 15.2 Å². The van der Waals surface area contributed by atoms with Crippen molar-refractivity contribution < 1.29 is 18.3 Å². The Hall–Kier alpha value is -1.75. The van der Waals surface area contributed by atoms with E-state index in [1.807, 2.05) is 0 Å². The van der Waals surface area contributed by atoms with Crippen molar-refractivity contribution in [3.8, 4) is 11.1 Å². The van der Waals surface area contributed by atoms with Crippen molar-refractivity contribution in [1.82, 2.24) is 0 Å². The highest BCUT2D eigenvalue weighted by Gasteiger charge is 2.20. The molecular formula is C13H10F2O2S. The van der Waals surface area contributed by atoms with Crippen molar-refractivity contribution in [2.75, 3.05) is 7.11 Å². The third kappa shape index (κ3) is 2.13.